The molecule has 2 aromatic rings. The summed E-state index contributed by atoms with van der Waals surface area (Å²) in [6.07, 6.45) is 0. The highest BCUT2D eigenvalue weighted by molar-refractivity contribution is 6.29. The minimum atomic E-state index is -0.447. The molecule has 0 radical (unpaired) electrons. The number of aryl methyl sites for hydroxylation is 1. The first kappa shape index (κ1) is 9.86. The zero-order valence-corrected chi connectivity index (χ0v) is 8.65. The second-order valence-electron chi connectivity index (χ2n) is 3.22. The van der Waals surface area contributed by atoms with Crippen LogP contribution >= 0.6 is 11.6 Å². The van der Waals surface area contributed by atoms with E-state index in [2.05, 4.69) is 4.98 Å². The zero-order chi connectivity index (χ0) is 11.0. The Labute approximate surface area is 90.7 Å². The number of hydrogen-bond acceptors (Lipinski definition) is 3. The van der Waals surface area contributed by atoms with Crippen LogP contribution in [0.1, 0.15) is 5.56 Å². The number of fused-ring (bicyclic) bond motifs is 1. The Balaban J connectivity index is 2.76. The van der Waals surface area contributed by atoms with E-state index in [1.807, 2.05) is 6.92 Å². The Morgan fingerprint density at radius 2 is 2.13 bits per heavy atom. The van der Waals surface area contributed by atoms with Crippen molar-refractivity contribution in [1.82, 2.24) is 4.98 Å². The molecule has 0 amide bonds. The zero-order valence-electron chi connectivity index (χ0n) is 7.90. The third kappa shape index (κ3) is 1.76. The van der Waals surface area contributed by atoms with Gasteiger partial charge in [0.05, 0.1) is 10.4 Å². The molecule has 0 saturated heterocycles. The third-order valence-corrected chi connectivity index (χ3v) is 2.37. The van der Waals surface area contributed by atoms with Crippen molar-refractivity contribution < 1.29 is 4.92 Å². The number of rotatable bonds is 1. The van der Waals surface area contributed by atoms with E-state index >= 15 is 0 Å². The molecule has 0 aliphatic rings. The molecule has 1 aromatic heterocycles. The summed E-state index contributed by atoms with van der Waals surface area (Å²) in [6.45, 7) is 1.89. The number of nitro benzene ring substituents is 1. The van der Waals surface area contributed by atoms with Crippen molar-refractivity contribution in [2.75, 3.05) is 0 Å². The molecule has 0 aliphatic heterocycles. The fourth-order valence-electron chi connectivity index (χ4n) is 1.46. The molecule has 0 atom stereocenters. The van der Waals surface area contributed by atoms with E-state index in [1.54, 1.807) is 12.1 Å². The molecule has 2 rings (SSSR count). The highest BCUT2D eigenvalue weighted by Crippen LogP contribution is 2.24. The maximum absolute atomic E-state index is 10.6. The quantitative estimate of drug-likeness (QED) is 0.423. The monoisotopic (exact) mass is 222 g/mol. The Bertz CT molecular complexity index is 554. The smallest absolute Gasteiger partial charge is 0.258 e. The van der Waals surface area contributed by atoms with Crippen molar-refractivity contribution in [3.63, 3.8) is 0 Å². The Morgan fingerprint density at radius 1 is 1.40 bits per heavy atom. The molecule has 0 unspecified atom stereocenters. The van der Waals surface area contributed by atoms with E-state index in [0.29, 0.717) is 10.7 Å². The lowest BCUT2D eigenvalue weighted by Crippen LogP contribution is -1.90. The van der Waals surface area contributed by atoms with E-state index in [9.17, 15) is 10.1 Å². The van der Waals surface area contributed by atoms with Gasteiger partial charge in [-0.05, 0) is 24.6 Å². The first-order chi connectivity index (χ1) is 7.08. The molecule has 1 heterocycles. The van der Waals surface area contributed by atoms with Crippen molar-refractivity contribution in [1.29, 1.82) is 0 Å². The van der Waals surface area contributed by atoms with E-state index < -0.39 is 4.92 Å². The SMILES string of the molecule is Cc1cc(Cl)nc2cc([N+](=O)[O-])ccc12. The lowest BCUT2D eigenvalue weighted by molar-refractivity contribution is -0.384. The molecule has 5 heteroatoms. The van der Waals surface area contributed by atoms with Crippen LogP contribution in [0.5, 0.6) is 0 Å². The van der Waals surface area contributed by atoms with Gasteiger partial charge in [0.15, 0.2) is 0 Å². The van der Waals surface area contributed by atoms with Crippen LogP contribution in [0.25, 0.3) is 10.9 Å². The number of halogens is 1. The molecule has 76 valence electrons. The fourth-order valence-corrected chi connectivity index (χ4v) is 1.72. The lowest BCUT2D eigenvalue weighted by atomic mass is 10.1. The normalized spacial score (nSPS) is 10.5. The molecular formula is C10H7ClN2O2. The summed E-state index contributed by atoms with van der Waals surface area (Å²) < 4.78 is 0. The average Bonchev–Trinajstić information content (AvgIpc) is 2.16. The number of nitrogens with zero attached hydrogens (tertiary/aromatic N) is 2. The van der Waals surface area contributed by atoms with Crippen LogP contribution in [0, 0.1) is 17.0 Å². The van der Waals surface area contributed by atoms with Crippen molar-refractivity contribution in [3.8, 4) is 0 Å². The van der Waals surface area contributed by atoms with Crippen LogP contribution < -0.4 is 0 Å². The second kappa shape index (κ2) is 3.47. The summed E-state index contributed by atoms with van der Waals surface area (Å²) in [5.74, 6) is 0. The van der Waals surface area contributed by atoms with Crippen LogP contribution in [0.2, 0.25) is 5.15 Å². The Hall–Kier alpha value is -1.68. The first-order valence-electron chi connectivity index (χ1n) is 4.29. The van der Waals surface area contributed by atoms with Crippen molar-refractivity contribution in [2.45, 2.75) is 6.92 Å². The Morgan fingerprint density at radius 3 is 2.80 bits per heavy atom. The molecular weight excluding hydrogens is 216 g/mol. The third-order valence-electron chi connectivity index (χ3n) is 2.18. The Kier molecular flexibility index (Phi) is 2.28. The van der Waals surface area contributed by atoms with Gasteiger partial charge >= 0.3 is 0 Å². The highest BCUT2D eigenvalue weighted by atomic mass is 35.5. The van der Waals surface area contributed by atoms with Gasteiger partial charge in [-0.25, -0.2) is 4.98 Å². The standard InChI is InChI=1S/C10H7ClN2O2/c1-6-4-10(11)12-9-5-7(13(14)15)2-3-8(6)9/h2-5H,1H3. The largest absolute Gasteiger partial charge is 0.271 e. The predicted octanol–water partition coefficient (Wildman–Crippen LogP) is 3.10. The summed E-state index contributed by atoms with van der Waals surface area (Å²) >= 11 is 5.77. The molecule has 1 aromatic carbocycles. The molecule has 4 nitrogen and oxygen atoms in total. The van der Waals surface area contributed by atoms with Crippen LogP contribution in [0.4, 0.5) is 5.69 Å². The fraction of sp³-hybridized carbons (Fsp3) is 0.100. The summed E-state index contributed by atoms with van der Waals surface area (Å²) in [5, 5.41) is 11.8. The second-order valence-corrected chi connectivity index (χ2v) is 3.61. The molecule has 0 spiro atoms. The van der Waals surface area contributed by atoms with Gasteiger partial charge in [-0.15, -0.1) is 0 Å². The summed E-state index contributed by atoms with van der Waals surface area (Å²) in [5.41, 5.74) is 1.53. The number of hydrogen-bond donors (Lipinski definition) is 0. The van der Waals surface area contributed by atoms with E-state index in [4.69, 9.17) is 11.6 Å². The molecule has 0 aliphatic carbocycles. The average molecular weight is 223 g/mol. The van der Waals surface area contributed by atoms with Crippen LogP contribution in [0.15, 0.2) is 24.3 Å². The number of benzene rings is 1. The number of nitro groups is 1. The molecule has 0 saturated carbocycles. The van der Waals surface area contributed by atoms with Gasteiger partial charge in [-0.1, -0.05) is 11.6 Å². The summed E-state index contributed by atoms with van der Waals surface area (Å²) in [7, 11) is 0. The lowest BCUT2D eigenvalue weighted by Gasteiger charge is -2.01. The number of pyridine rings is 1. The van der Waals surface area contributed by atoms with Gasteiger partial charge in [0, 0.05) is 17.5 Å². The first-order valence-corrected chi connectivity index (χ1v) is 4.67. The molecule has 15 heavy (non-hydrogen) atoms. The summed E-state index contributed by atoms with van der Waals surface area (Å²) in [4.78, 5) is 14.2. The van der Waals surface area contributed by atoms with Crippen LogP contribution in [-0.4, -0.2) is 9.91 Å². The molecule has 0 N–H and O–H groups in total. The van der Waals surface area contributed by atoms with Gasteiger partial charge in [0.1, 0.15) is 5.15 Å². The number of aromatic nitrogens is 1. The van der Waals surface area contributed by atoms with Crippen molar-refractivity contribution in [2.24, 2.45) is 0 Å². The maximum Gasteiger partial charge on any atom is 0.271 e. The minimum absolute atomic E-state index is 0.0247. The van der Waals surface area contributed by atoms with Gasteiger partial charge in [0.2, 0.25) is 0 Å². The topological polar surface area (TPSA) is 56.0 Å². The van der Waals surface area contributed by atoms with Gasteiger partial charge in [-0.3, -0.25) is 10.1 Å². The van der Waals surface area contributed by atoms with E-state index in [1.165, 1.54) is 12.1 Å². The van der Waals surface area contributed by atoms with Crippen molar-refractivity contribution in [3.05, 3.63) is 45.1 Å². The van der Waals surface area contributed by atoms with E-state index in [-0.39, 0.29) is 5.69 Å². The maximum atomic E-state index is 10.6. The van der Waals surface area contributed by atoms with Crippen LogP contribution in [0.3, 0.4) is 0 Å². The summed E-state index contributed by atoms with van der Waals surface area (Å²) in [6, 6.07) is 6.31. The predicted molar refractivity (Wildman–Crippen MR) is 58.1 cm³/mol. The highest BCUT2D eigenvalue weighted by Gasteiger charge is 2.08. The molecule has 0 fully saturated rings. The van der Waals surface area contributed by atoms with Gasteiger partial charge in [-0.2, -0.15) is 0 Å². The number of non-ortho nitro benzene ring substituents is 1. The van der Waals surface area contributed by atoms with Gasteiger partial charge < -0.3 is 0 Å². The molecule has 0 bridgehead atoms. The van der Waals surface area contributed by atoms with E-state index in [0.717, 1.165) is 10.9 Å². The van der Waals surface area contributed by atoms with Gasteiger partial charge in [0.25, 0.3) is 5.69 Å². The minimum Gasteiger partial charge on any atom is -0.258 e. The van der Waals surface area contributed by atoms with Crippen molar-refractivity contribution >= 4 is 28.2 Å². The van der Waals surface area contributed by atoms with Crippen LogP contribution in [-0.2, 0) is 0 Å².